The lowest BCUT2D eigenvalue weighted by molar-refractivity contribution is -0.137. The topological polar surface area (TPSA) is 37.3 Å². The van der Waals surface area contributed by atoms with Gasteiger partial charge >= 0.3 is 5.97 Å². The second-order valence-electron chi connectivity index (χ2n) is 6.51. The van der Waals surface area contributed by atoms with Crippen molar-refractivity contribution in [3.63, 3.8) is 0 Å². The van der Waals surface area contributed by atoms with Crippen LogP contribution in [0.4, 0.5) is 0 Å². The van der Waals surface area contributed by atoms with E-state index in [2.05, 4.69) is 6.92 Å². The van der Waals surface area contributed by atoms with Crippen LogP contribution in [0.5, 0.6) is 0 Å². The number of hydrogen-bond acceptors (Lipinski definition) is 1. The molecule has 122 valence electrons. The summed E-state index contributed by atoms with van der Waals surface area (Å²) < 4.78 is 0. The van der Waals surface area contributed by atoms with Crippen LogP contribution in [-0.2, 0) is 4.79 Å². The molecule has 0 saturated carbocycles. The predicted molar refractivity (Wildman–Crippen MR) is 92.1 cm³/mol. The maximum atomic E-state index is 10.3. The van der Waals surface area contributed by atoms with Crippen molar-refractivity contribution in [3.8, 4) is 0 Å². The lowest BCUT2D eigenvalue weighted by Crippen LogP contribution is -1.93. The molecule has 0 aromatic carbocycles. The molecular weight excluding hydrogens is 259 g/mol. The molecule has 0 rings (SSSR count). The van der Waals surface area contributed by atoms with Crippen molar-refractivity contribution in [3.05, 3.63) is 0 Å². The Hall–Kier alpha value is -0.465. The van der Waals surface area contributed by atoms with Crippen LogP contribution in [0, 0.1) is 0 Å². The second-order valence-corrected chi connectivity index (χ2v) is 6.51. The number of unbranched alkanes of at least 4 members (excludes halogenated alkanes) is 12. The number of carboxylic acid groups (broad SMARTS) is 1. The summed E-state index contributed by atoms with van der Waals surface area (Å²) in [7, 11) is 5.73. The standard InChI is InChI=1S/C18H35BO2/c1-17(19)15-13-11-9-7-5-3-2-4-6-8-10-12-14-16-18(20)21/h17H,2-16H2,1H3,(H,20,21). The average Bonchev–Trinajstić information content (AvgIpc) is 2.42. The number of carboxylic acids is 1. The highest BCUT2D eigenvalue weighted by Crippen LogP contribution is 2.15. The van der Waals surface area contributed by atoms with Crippen LogP contribution in [0.3, 0.4) is 0 Å². The molecule has 0 aliphatic heterocycles. The Labute approximate surface area is 133 Å². The van der Waals surface area contributed by atoms with E-state index in [4.69, 9.17) is 13.0 Å². The molecule has 0 aliphatic carbocycles. The summed E-state index contributed by atoms with van der Waals surface area (Å²) in [5.74, 6) is -0.290. The van der Waals surface area contributed by atoms with Gasteiger partial charge in [-0.2, -0.15) is 0 Å². The fourth-order valence-corrected chi connectivity index (χ4v) is 2.69. The minimum atomic E-state index is -0.660. The molecule has 1 unspecified atom stereocenters. The number of aliphatic carboxylic acids is 1. The first kappa shape index (κ1) is 20.5. The minimum absolute atomic E-state index is 0.337. The van der Waals surface area contributed by atoms with Crippen molar-refractivity contribution >= 4 is 13.8 Å². The van der Waals surface area contributed by atoms with Crippen molar-refractivity contribution in [1.82, 2.24) is 0 Å². The van der Waals surface area contributed by atoms with Gasteiger partial charge in [-0.05, 0) is 6.42 Å². The monoisotopic (exact) mass is 294 g/mol. The number of carbonyl (C=O) groups is 1. The number of rotatable bonds is 16. The van der Waals surface area contributed by atoms with E-state index in [9.17, 15) is 4.79 Å². The van der Waals surface area contributed by atoms with E-state index < -0.39 is 5.97 Å². The molecule has 0 aromatic heterocycles. The Morgan fingerprint density at radius 1 is 0.762 bits per heavy atom. The smallest absolute Gasteiger partial charge is 0.303 e. The van der Waals surface area contributed by atoms with E-state index in [-0.39, 0.29) is 0 Å². The van der Waals surface area contributed by atoms with Crippen molar-refractivity contribution in [2.75, 3.05) is 0 Å². The van der Waals surface area contributed by atoms with Gasteiger partial charge in [0.1, 0.15) is 0 Å². The van der Waals surface area contributed by atoms with Gasteiger partial charge in [0, 0.05) is 6.42 Å². The van der Waals surface area contributed by atoms with Crippen molar-refractivity contribution in [2.45, 2.75) is 109 Å². The predicted octanol–water partition coefficient (Wildman–Crippen LogP) is 5.90. The van der Waals surface area contributed by atoms with Crippen molar-refractivity contribution in [2.24, 2.45) is 0 Å². The Morgan fingerprint density at radius 2 is 1.10 bits per heavy atom. The summed E-state index contributed by atoms with van der Waals surface area (Å²) in [4.78, 5) is 10.3. The summed E-state index contributed by atoms with van der Waals surface area (Å²) in [5, 5.41) is 8.52. The normalized spacial score (nSPS) is 12.4. The zero-order chi connectivity index (χ0) is 15.8. The van der Waals surface area contributed by atoms with Crippen LogP contribution < -0.4 is 0 Å². The third-order valence-corrected chi connectivity index (χ3v) is 4.05. The fraction of sp³-hybridized carbons (Fsp3) is 0.944. The lowest BCUT2D eigenvalue weighted by Gasteiger charge is -2.05. The first-order chi connectivity index (χ1) is 10.1. The molecule has 0 fully saturated rings. The molecule has 1 N–H and O–H groups in total. The summed E-state index contributed by atoms with van der Waals surface area (Å²) in [6.07, 6.45) is 18.1. The zero-order valence-electron chi connectivity index (χ0n) is 14.1. The molecule has 0 aromatic rings. The van der Waals surface area contributed by atoms with Gasteiger partial charge < -0.3 is 5.11 Å². The van der Waals surface area contributed by atoms with Gasteiger partial charge in [-0.15, -0.1) is 0 Å². The van der Waals surface area contributed by atoms with Gasteiger partial charge in [0.25, 0.3) is 0 Å². The van der Waals surface area contributed by atoms with E-state index >= 15 is 0 Å². The van der Waals surface area contributed by atoms with E-state index in [1.54, 1.807) is 0 Å². The molecule has 0 amide bonds. The third kappa shape index (κ3) is 19.5. The first-order valence-electron chi connectivity index (χ1n) is 9.10. The van der Waals surface area contributed by atoms with E-state index in [1.165, 1.54) is 77.0 Å². The van der Waals surface area contributed by atoms with Crippen LogP contribution in [0.1, 0.15) is 103 Å². The lowest BCUT2D eigenvalue weighted by atomic mass is 9.85. The molecule has 0 bridgehead atoms. The fourth-order valence-electron chi connectivity index (χ4n) is 2.69. The molecule has 2 radical (unpaired) electrons. The van der Waals surface area contributed by atoms with Gasteiger partial charge in [0.15, 0.2) is 0 Å². The average molecular weight is 294 g/mol. The van der Waals surface area contributed by atoms with E-state index in [0.717, 1.165) is 12.8 Å². The molecule has 0 spiro atoms. The Bertz CT molecular complexity index is 229. The molecular formula is C18H35BO2. The molecule has 0 heterocycles. The minimum Gasteiger partial charge on any atom is -0.481 e. The third-order valence-electron chi connectivity index (χ3n) is 4.05. The second kappa shape index (κ2) is 15.9. The molecule has 21 heavy (non-hydrogen) atoms. The SMILES string of the molecule is [B]C(C)CCCCCCCCCCCCCCCC(=O)O. The Balaban J connectivity index is 2.98. The molecule has 0 saturated heterocycles. The molecule has 0 aliphatic rings. The van der Waals surface area contributed by atoms with Crippen molar-refractivity contribution in [1.29, 1.82) is 0 Å². The van der Waals surface area contributed by atoms with Gasteiger partial charge in [0.2, 0.25) is 0 Å². The first-order valence-corrected chi connectivity index (χ1v) is 9.10. The summed E-state index contributed by atoms with van der Waals surface area (Å²) in [6.45, 7) is 2.09. The Kier molecular flexibility index (Phi) is 15.6. The van der Waals surface area contributed by atoms with Gasteiger partial charge in [-0.3, -0.25) is 4.79 Å². The summed E-state index contributed by atoms with van der Waals surface area (Å²) in [5.41, 5.74) is 0. The summed E-state index contributed by atoms with van der Waals surface area (Å²) in [6, 6.07) is 0. The summed E-state index contributed by atoms with van der Waals surface area (Å²) >= 11 is 0. The van der Waals surface area contributed by atoms with E-state index in [1.807, 2.05) is 0 Å². The molecule has 1 atom stereocenters. The van der Waals surface area contributed by atoms with Gasteiger partial charge in [-0.25, -0.2) is 0 Å². The van der Waals surface area contributed by atoms with Gasteiger partial charge in [0.05, 0.1) is 7.85 Å². The van der Waals surface area contributed by atoms with E-state index in [0.29, 0.717) is 12.2 Å². The van der Waals surface area contributed by atoms with Crippen LogP contribution >= 0.6 is 0 Å². The van der Waals surface area contributed by atoms with Crippen LogP contribution in [0.15, 0.2) is 0 Å². The highest BCUT2D eigenvalue weighted by molar-refractivity contribution is 6.11. The van der Waals surface area contributed by atoms with Crippen LogP contribution in [-0.4, -0.2) is 18.9 Å². The Morgan fingerprint density at radius 3 is 1.43 bits per heavy atom. The zero-order valence-corrected chi connectivity index (χ0v) is 14.1. The van der Waals surface area contributed by atoms with Gasteiger partial charge in [-0.1, -0.05) is 96.2 Å². The number of hydrogen-bond donors (Lipinski definition) is 1. The maximum absolute atomic E-state index is 10.3. The molecule has 2 nitrogen and oxygen atoms in total. The maximum Gasteiger partial charge on any atom is 0.303 e. The van der Waals surface area contributed by atoms with Crippen molar-refractivity contribution < 1.29 is 9.90 Å². The highest BCUT2D eigenvalue weighted by Gasteiger charge is 1.97. The quantitative estimate of drug-likeness (QED) is 0.284. The highest BCUT2D eigenvalue weighted by atomic mass is 16.4. The van der Waals surface area contributed by atoms with Crippen LogP contribution in [0.25, 0.3) is 0 Å². The molecule has 3 heteroatoms. The largest absolute Gasteiger partial charge is 0.481 e. The van der Waals surface area contributed by atoms with Crippen LogP contribution in [0.2, 0.25) is 5.82 Å².